The third kappa shape index (κ3) is 2.94. The van der Waals surface area contributed by atoms with Crippen molar-refractivity contribution in [3.8, 4) is 0 Å². The number of Topliss-reactive ketones (excluding diaryl/α,β-unsaturated/α-hetero) is 1. The van der Waals surface area contributed by atoms with Gasteiger partial charge in [-0.15, -0.1) is 0 Å². The Morgan fingerprint density at radius 1 is 1.12 bits per heavy atom. The molecule has 3 heteroatoms. The molecule has 2 bridgehead atoms. The summed E-state index contributed by atoms with van der Waals surface area (Å²) >= 11 is 0. The number of carboxylic acid groups (broad SMARTS) is 1. The van der Waals surface area contributed by atoms with Crippen molar-refractivity contribution in [1.82, 2.24) is 0 Å². The minimum absolute atomic E-state index is 0.174. The van der Waals surface area contributed by atoms with Crippen LogP contribution >= 0.6 is 0 Å². The first kappa shape index (κ1) is 18.5. The van der Waals surface area contributed by atoms with E-state index in [1.807, 2.05) is 0 Å². The first-order valence-corrected chi connectivity index (χ1v) is 11.2. The quantitative estimate of drug-likeness (QED) is 0.708. The molecule has 4 saturated carbocycles. The molecule has 0 amide bonds. The maximum atomic E-state index is 13.5. The lowest BCUT2D eigenvalue weighted by Gasteiger charge is -2.55. The Balaban J connectivity index is 1.55. The molecule has 0 heterocycles. The lowest BCUT2D eigenvalue weighted by molar-refractivity contribution is -0.141. The van der Waals surface area contributed by atoms with Crippen molar-refractivity contribution in [2.24, 2.45) is 34.5 Å². The number of hydrogen-bond acceptors (Lipinski definition) is 2. The fourth-order valence-electron chi connectivity index (χ4n) is 7.93. The topological polar surface area (TPSA) is 54.4 Å². The van der Waals surface area contributed by atoms with Crippen LogP contribution in [0.2, 0.25) is 0 Å². The Labute approximate surface area is 158 Å². The monoisotopic (exact) mass is 360 g/mol. The van der Waals surface area contributed by atoms with Crippen LogP contribution in [-0.4, -0.2) is 16.9 Å². The van der Waals surface area contributed by atoms with E-state index in [0.717, 1.165) is 43.9 Å². The largest absolute Gasteiger partial charge is 0.481 e. The van der Waals surface area contributed by atoms with Crippen LogP contribution in [0, 0.1) is 34.5 Å². The number of carbonyl (C=O) groups excluding carboxylic acids is 1. The van der Waals surface area contributed by atoms with Crippen LogP contribution < -0.4 is 0 Å². The highest BCUT2D eigenvalue weighted by Gasteiger charge is 2.58. The molecule has 4 fully saturated rings. The van der Waals surface area contributed by atoms with Crippen LogP contribution in [0.3, 0.4) is 0 Å². The zero-order chi connectivity index (χ0) is 18.4. The van der Waals surface area contributed by atoms with E-state index in [4.69, 9.17) is 5.11 Å². The molecule has 3 nitrogen and oxygen atoms in total. The Kier molecular flexibility index (Phi) is 4.94. The standard InChI is InChI=1S/C23H36O3/c1-22-17(6-4-7-21(25)26)10-11-19(22)16-8-9-18-5-2-3-13-23(18,15-16)14-12-20(22)24/h16-19H,2-15H2,1H3,(H,25,26). The van der Waals surface area contributed by atoms with Crippen LogP contribution in [0.15, 0.2) is 0 Å². The van der Waals surface area contributed by atoms with Gasteiger partial charge >= 0.3 is 5.97 Å². The summed E-state index contributed by atoms with van der Waals surface area (Å²) in [6, 6.07) is 0. The van der Waals surface area contributed by atoms with Gasteiger partial charge in [0.25, 0.3) is 0 Å². The smallest absolute Gasteiger partial charge is 0.303 e. The van der Waals surface area contributed by atoms with Crippen molar-refractivity contribution in [3.63, 3.8) is 0 Å². The summed E-state index contributed by atoms with van der Waals surface area (Å²) in [4.78, 5) is 24.4. The van der Waals surface area contributed by atoms with Crippen molar-refractivity contribution in [3.05, 3.63) is 0 Å². The van der Waals surface area contributed by atoms with E-state index < -0.39 is 5.97 Å². The zero-order valence-corrected chi connectivity index (χ0v) is 16.5. The maximum Gasteiger partial charge on any atom is 0.303 e. The maximum absolute atomic E-state index is 13.5. The van der Waals surface area contributed by atoms with Gasteiger partial charge in [0.1, 0.15) is 5.78 Å². The first-order valence-electron chi connectivity index (χ1n) is 11.2. The molecule has 1 spiro atoms. The summed E-state index contributed by atoms with van der Waals surface area (Å²) in [5.41, 5.74) is 0.311. The molecular formula is C23H36O3. The molecule has 4 aliphatic carbocycles. The first-order chi connectivity index (χ1) is 12.5. The summed E-state index contributed by atoms with van der Waals surface area (Å²) < 4.78 is 0. The zero-order valence-electron chi connectivity index (χ0n) is 16.5. The van der Waals surface area contributed by atoms with Gasteiger partial charge in [-0.2, -0.15) is 0 Å². The molecule has 0 aromatic carbocycles. The summed E-state index contributed by atoms with van der Waals surface area (Å²) in [5, 5.41) is 8.98. The third-order valence-corrected chi connectivity index (χ3v) is 9.31. The van der Waals surface area contributed by atoms with E-state index >= 15 is 0 Å². The fourth-order valence-corrected chi connectivity index (χ4v) is 7.93. The predicted octanol–water partition coefficient (Wildman–Crippen LogP) is 5.61. The van der Waals surface area contributed by atoms with Gasteiger partial charge in [0.15, 0.2) is 0 Å². The Morgan fingerprint density at radius 2 is 1.96 bits per heavy atom. The highest BCUT2D eigenvalue weighted by Crippen LogP contribution is 2.63. The number of carboxylic acids is 1. The molecule has 0 aliphatic heterocycles. The van der Waals surface area contributed by atoms with Crippen LogP contribution in [0.4, 0.5) is 0 Å². The molecule has 0 aromatic heterocycles. The molecule has 4 aliphatic rings. The number of ketones is 1. The molecule has 4 rings (SSSR count). The van der Waals surface area contributed by atoms with E-state index in [-0.39, 0.29) is 11.8 Å². The van der Waals surface area contributed by atoms with E-state index in [1.165, 1.54) is 51.4 Å². The van der Waals surface area contributed by atoms with Gasteiger partial charge in [-0.05, 0) is 93.3 Å². The van der Waals surface area contributed by atoms with Crippen LogP contribution in [0.25, 0.3) is 0 Å². The highest BCUT2D eigenvalue weighted by atomic mass is 16.4. The summed E-state index contributed by atoms with van der Waals surface area (Å²) in [6.07, 6.45) is 15.8. The van der Waals surface area contributed by atoms with Gasteiger partial charge in [-0.3, -0.25) is 9.59 Å². The molecule has 6 atom stereocenters. The van der Waals surface area contributed by atoms with E-state index in [9.17, 15) is 9.59 Å². The summed E-state index contributed by atoms with van der Waals surface area (Å²) in [6.45, 7) is 2.27. The second-order valence-corrected chi connectivity index (χ2v) is 10.2. The van der Waals surface area contributed by atoms with Gasteiger partial charge in [-0.1, -0.05) is 19.8 Å². The normalized spacial score (nSPS) is 45.3. The second kappa shape index (κ2) is 6.95. The van der Waals surface area contributed by atoms with Crippen LogP contribution in [-0.2, 0) is 9.59 Å². The minimum atomic E-state index is -0.703. The molecule has 0 saturated heterocycles. The molecule has 26 heavy (non-hydrogen) atoms. The molecule has 146 valence electrons. The Bertz CT molecular complexity index is 570. The Hall–Kier alpha value is -0.860. The van der Waals surface area contributed by atoms with Gasteiger partial charge < -0.3 is 5.11 Å². The molecule has 6 unspecified atom stereocenters. The molecule has 0 aromatic rings. The van der Waals surface area contributed by atoms with Gasteiger partial charge in [-0.25, -0.2) is 0 Å². The number of carbonyl (C=O) groups is 2. The Morgan fingerprint density at radius 3 is 2.77 bits per heavy atom. The highest BCUT2D eigenvalue weighted by molar-refractivity contribution is 5.85. The second-order valence-electron chi connectivity index (χ2n) is 10.2. The molecular weight excluding hydrogens is 324 g/mol. The lowest BCUT2D eigenvalue weighted by Crippen LogP contribution is -2.49. The number of hydrogen-bond donors (Lipinski definition) is 1. The summed E-state index contributed by atoms with van der Waals surface area (Å²) in [7, 11) is 0. The van der Waals surface area contributed by atoms with Gasteiger partial charge in [0, 0.05) is 18.3 Å². The average molecular weight is 361 g/mol. The fraction of sp³-hybridized carbons (Fsp3) is 0.913. The number of fused-ring (bicyclic) bond motifs is 3. The van der Waals surface area contributed by atoms with Crippen molar-refractivity contribution in [2.75, 3.05) is 0 Å². The third-order valence-electron chi connectivity index (χ3n) is 9.31. The minimum Gasteiger partial charge on any atom is -0.481 e. The van der Waals surface area contributed by atoms with E-state index in [1.54, 1.807) is 0 Å². The van der Waals surface area contributed by atoms with E-state index in [0.29, 0.717) is 23.0 Å². The molecule has 0 radical (unpaired) electrons. The average Bonchev–Trinajstić information content (AvgIpc) is 2.96. The predicted molar refractivity (Wildman–Crippen MR) is 102 cm³/mol. The summed E-state index contributed by atoms with van der Waals surface area (Å²) in [5.74, 6) is 2.42. The molecule has 1 N–H and O–H groups in total. The lowest BCUT2D eigenvalue weighted by atomic mass is 9.49. The van der Waals surface area contributed by atoms with Crippen molar-refractivity contribution >= 4 is 11.8 Å². The van der Waals surface area contributed by atoms with Crippen molar-refractivity contribution in [1.29, 1.82) is 0 Å². The van der Waals surface area contributed by atoms with Crippen molar-refractivity contribution < 1.29 is 14.7 Å². The van der Waals surface area contributed by atoms with Gasteiger partial charge in [0.2, 0.25) is 0 Å². The number of rotatable bonds is 4. The number of aliphatic carboxylic acids is 1. The van der Waals surface area contributed by atoms with Crippen LogP contribution in [0.1, 0.15) is 96.8 Å². The van der Waals surface area contributed by atoms with Crippen molar-refractivity contribution in [2.45, 2.75) is 96.8 Å². The van der Waals surface area contributed by atoms with Gasteiger partial charge in [0.05, 0.1) is 0 Å². The van der Waals surface area contributed by atoms with E-state index in [2.05, 4.69) is 6.92 Å². The SMILES string of the molecule is CC12C(=O)CCC34CCCCC3CCC(C4)C1CCC2CCCC(=O)O. The van der Waals surface area contributed by atoms with Crippen LogP contribution in [0.5, 0.6) is 0 Å².